The summed E-state index contributed by atoms with van der Waals surface area (Å²) < 4.78 is 0. The Morgan fingerprint density at radius 3 is 3.09 bits per heavy atom. The Bertz CT molecular complexity index is 100. The fourth-order valence-electron chi connectivity index (χ4n) is 1.30. The molecule has 2 nitrogen and oxygen atoms in total. The molecular formula is C8H18N2S. The largest absolute Gasteiger partial charge is 0.327 e. The first-order chi connectivity index (χ1) is 5.29. The molecule has 2 atom stereocenters. The van der Waals surface area contributed by atoms with Gasteiger partial charge >= 0.3 is 0 Å². The van der Waals surface area contributed by atoms with Crippen molar-refractivity contribution in [3.05, 3.63) is 0 Å². The standard InChI is InChI=1S/C8H18N2S/c1-7(9)5-11-6-8-3-2-4-10-8/h7-8,10H,2-6,9H2,1H3/t7?,8-/m0/s1. The van der Waals surface area contributed by atoms with Crippen LogP contribution in [0.25, 0.3) is 0 Å². The molecule has 1 saturated heterocycles. The number of rotatable bonds is 4. The second-order valence-corrected chi connectivity index (χ2v) is 4.38. The summed E-state index contributed by atoms with van der Waals surface area (Å²) in [6, 6.07) is 1.11. The van der Waals surface area contributed by atoms with Gasteiger partial charge in [-0.05, 0) is 26.3 Å². The van der Waals surface area contributed by atoms with Gasteiger partial charge in [0.1, 0.15) is 0 Å². The highest BCUT2D eigenvalue weighted by molar-refractivity contribution is 7.99. The van der Waals surface area contributed by atoms with Crippen molar-refractivity contribution in [2.75, 3.05) is 18.1 Å². The van der Waals surface area contributed by atoms with Crippen LogP contribution in [0.5, 0.6) is 0 Å². The Hall–Kier alpha value is 0.270. The first-order valence-electron chi connectivity index (χ1n) is 4.36. The van der Waals surface area contributed by atoms with Crippen LogP contribution < -0.4 is 11.1 Å². The summed E-state index contributed by atoms with van der Waals surface area (Å²) in [5, 5.41) is 3.47. The fraction of sp³-hybridized carbons (Fsp3) is 1.00. The van der Waals surface area contributed by atoms with Crippen molar-refractivity contribution < 1.29 is 0 Å². The minimum absolute atomic E-state index is 0.349. The van der Waals surface area contributed by atoms with Crippen molar-refractivity contribution >= 4 is 11.8 Å². The predicted octanol–water partition coefficient (Wildman–Crippen LogP) is 0.819. The van der Waals surface area contributed by atoms with Crippen LogP contribution in [0.1, 0.15) is 19.8 Å². The lowest BCUT2D eigenvalue weighted by atomic mass is 10.3. The van der Waals surface area contributed by atoms with Crippen molar-refractivity contribution in [2.45, 2.75) is 31.8 Å². The molecule has 11 heavy (non-hydrogen) atoms. The maximum atomic E-state index is 5.64. The van der Waals surface area contributed by atoms with Crippen LogP contribution in [0.3, 0.4) is 0 Å². The summed E-state index contributed by atoms with van der Waals surface area (Å²) in [4.78, 5) is 0. The van der Waals surface area contributed by atoms with Crippen LogP contribution in [-0.4, -0.2) is 30.1 Å². The highest BCUT2D eigenvalue weighted by Gasteiger charge is 2.13. The minimum Gasteiger partial charge on any atom is -0.327 e. The van der Waals surface area contributed by atoms with Crippen LogP contribution in [0, 0.1) is 0 Å². The zero-order valence-electron chi connectivity index (χ0n) is 7.18. The summed E-state index contributed by atoms with van der Waals surface area (Å²) in [6.07, 6.45) is 2.70. The van der Waals surface area contributed by atoms with E-state index in [0.29, 0.717) is 6.04 Å². The summed E-state index contributed by atoms with van der Waals surface area (Å²) >= 11 is 1.97. The van der Waals surface area contributed by atoms with Crippen molar-refractivity contribution in [1.29, 1.82) is 0 Å². The van der Waals surface area contributed by atoms with Gasteiger partial charge in [0.15, 0.2) is 0 Å². The third kappa shape index (κ3) is 3.99. The van der Waals surface area contributed by atoms with Crippen molar-refractivity contribution in [1.82, 2.24) is 5.32 Å². The highest BCUT2D eigenvalue weighted by atomic mass is 32.2. The second-order valence-electron chi connectivity index (χ2n) is 3.31. The Labute approximate surface area is 73.3 Å². The Morgan fingerprint density at radius 2 is 2.55 bits per heavy atom. The molecule has 0 aromatic rings. The summed E-state index contributed by atoms with van der Waals surface area (Å²) in [5.74, 6) is 2.33. The molecule has 0 aromatic carbocycles. The summed E-state index contributed by atoms with van der Waals surface area (Å²) in [7, 11) is 0. The van der Waals surface area contributed by atoms with E-state index < -0.39 is 0 Å². The smallest absolute Gasteiger partial charge is 0.0158 e. The van der Waals surface area contributed by atoms with E-state index in [0.717, 1.165) is 11.8 Å². The first-order valence-corrected chi connectivity index (χ1v) is 5.51. The Kier molecular flexibility index (Phi) is 4.26. The van der Waals surface area contributed by atoms with Crippen LogP contribution in [0.15, 0.2) is 0 Å². The molecule has 0 aliphatic carbocycles. The van der Waals surface area contributed by atoms with E-state index in [4.69, 9.17) is 5.73 Å². The molecule has 1 aliphatic rings. The second kappa shape index (κ2) is 5.01. The van der Waals surface area contributed by atoms with E-state index in [1.807, 2.05) is 11.8 Å². The first kappa shape index (κ1) is 9.36. The number of hydrogen-bond donors (Lipinski definition) is 2. The molecule has 0 spiro atoms. The summed E-state index contributed by atoms with van der Waals surface area (Å²) in [5.41, 5.74) is 5.64. The van der Waals surface area contributed by atoms with E-state index in [-0.39, 0.29) is 0 Å². The van der Waals surface area contributed by atoms with E-state index in [2.05, 4.69) is 12.2 Å². The van der Waals surface area contributed by atoms with Crippen molar-refractivity contribution in [3.8, 4) is 0 Å². The lowest BCUT2D eigenvalue weighted by Gasteiger charge is -2.10. The van der Waals surface area contributed by atoms with Gasteiger partial charge in [0.25, 0.3) is 0 Å². The average molecular weight is 174 g/mol. The molecule has 1 heterocycles. The maximum absolute atomic E-state index is 5.64. The highest BCUT2D eigenvalue weighted by Crippen LogP contribution is 2.11. The number of nitrogens with one attached hydrogen (secondary N) is 1. The maximum Gasteiger partial charge on any atom is 0.0158 e. The van der Waals surface area contributed by atoms with Crippen LogP contribution in [0.4, 0.5) is 0 Å². The third-order valence-electron chi connectivity index (χ3n) is 1.86. The Balaban J connectivity index is 1.94. The van der Waals surface area contributed by atoms with E-state index in [1.54, 1.807) is 0 Å². The number of hydrogen-bond acceptors (Lipinski definition) is 3. The van der Waals surface area contributed by atoms with Gasteiger partial charge in [-0.2, -0.15) is 11.8 Å². The topological polar surface area (TPSA) is 38.0 Å². The lowest BCUT2D eigenvalue weighted by Crippen LogP contribution is -2.25. The van der Waals surface area contributed by atoms with Crippen LogP contribution in [0.2, 0.25) is 0 Å². The Morgan fingerprint density at radius 1 is 1.73 bits per heavy atom. The molecule has 0 amide bonds. The van der Waals surface area contributed by atoms with Gasteiger partial charge in [-0.25, -0.2) is 0 Å². The zero-order chi connectivity index (χ0) is 8.10. The molecule has 1 rings (SSSR count). The molecular weight excluding hydrogens is 156 g/mol. The molecule has 3 heteroatoms. The van der Waals surface area contributed by atoms with Gasteiger partial charge in [-0.15, -0.1) is 0 Å². The quantitative estimate of drug-likeness (QED) is 0.662. The molecule has 0 saturated carbocycles. The van der Waals surface area contributed by atoms with Crippen LogP contribution >= 0.6 is 11.8 Å². The number of nitrogens with two attached hydrogens (primary N) is 1. The van der Waals surface area contributed by atoms with E-state index >= 15 is 0 Å². The van der Waals surface area contributed by atoms with Gasteiger partial charge in [-0.3, -0.25) is 0 Å². The summed E-state index contributed by atoms with van der Waals surface area (Å²) in [6.45, 7) is 3.28. The van der Waals surface area contributed by atoms with Crippen LogP contribution in [-0.2, 0) is 0 Å². The minimum atomic E-state index is 0.349. The van der Waals surface area contributed by atoms with E-state index in [9.17, 15) is 0 Å². The van der Waals surface area contributed by atoms with Gasteiger partial charge in [-0.1, -0.05) is 0 Å². The molecule has 1 fully saturated rings. The monoisotopic (exact) mass is 174 g/mol. The normalized spacial score (nSPS) is 27.3. The molecule has 0 aromatic heterocycles. The fourth-order valence-corrected chi connectivity index (χ4v) is 2.37. The van der Waals surface area contributed by atoms with Crippen molar-refractivity contribution in [3.63, 3.8) is 0 Å². The van der Waals surface area contributed by atoms with Gasteiger partial charge in [0, 0.05) is 23.6 Å². The van der Waals surface area contributed by atoms with E-state index in [1.165, 1.54) is 25.1 Å². The SMILES string of the molecule is CC(N)CSC[C@@H]1CCCN1. The van der Waals surface area contributed by atoms with Gasteiger partial charge in [0.2, 0.25) is 0 Å². The molecule has 0 radical (unpaired) electrons. The van der Waals surface area contributed by atoms with Gasteiger partial charge in [0.05, 0.1) is 0 Å². The predicted molar refractivity (Wildman–Crippen MR) is 52.0 cm³/mol. The number of thioether (sulfide) groups is 1. The molecule has 1 unspecified atom stereocenters. The molecule has 66 valence electrons. The zero-order valence-corrected chi connectivity index (χ0v) is 7.99. The molecule has 1 aliphatic heterocycles. The van der Waals surface area contributed by atoms with Gasteiger partial charge < -0.3 is 11.1 Å². The molecule has 3 N–H and O–H groups in total. The van der Waals surface area contributed by atoms with Crippen molar-refractivity contribution in [2.24, 2.45) is 5.73 Å². The molecule has 0 bridgehead atoms. The third-order valence-corrected chi connectivity index (χ3v) is 3.26. The average Bonchev–Trinajstić information content (AvgIpc) is 2.39. The lowest BCUT2D eigenvalue weighted by molar-refractivity contribution is 0.673.